The monoisotopic (exact) mass is 194 g/mol. The van der Waals surface area contributed by atoms with Crippen LogP contribution in [0.1, 0.15) is 17.3 Å². The van der Waals surface area contributed by atoms with E-state index >= 15 is 0 Å². The third-order valence-corrected chi connectivity index (χ3v) is 1.69. The fourth-order valence-electron chi connectivity index (χ4n) is 0.982. The maximum atomic E-state index is 13.1. The van der Waals surface area contributed by atoms with Gasteiger partial charge < -0.3 is 4.74 Å². The van der Waals surface area contributed by atoms with Crippen LogP contribution in [0.25, 0.3) is 0 Å². The van der Waals surface area contributed by atoms with Crippen molar-refractivity contribution < 1.29 is 13.9 Å². The molecule has 14 heavy (non-hydrogen) atoms. The summed E-state index contributed by atoms with van der Waals surface area (Å²) in [5.41, 5.74) is 0.436. The molecule has 2 nitrogen and oxygen atoms in total. The van der Waals surface area contributed by atoms with Crippen molar-refractivity contribution in [3.05, 3.63) is 42.2 Å². The summed E-state index contributed by atoms with van der Waals surface area (Å²) < 4.78 is 18.1. The third-order valence-electron chi connectivity index (χ3n) is 1.69. The Morgan fingerprint density at radius 2 is 2.36 bits per heavy atom. The molecule has 0 aliphatic heterocycles. The molecule has 0 radical (unpaired) electrons. The molecule has 0 bridgehead atoms. The average molecular weight is 194 g/mol. The summed E-state index contributed by atoms with van der Waals surface area (Å²) in [7, 11) is 0. The van der Waals surface area contributed by atoms with E-state index in [0.717, 1.165) is 0 Å². The molecule has 0 atom stereocenters. The Balaban J connectivity index is 2.95. The van der Waals surface area contributed by atoms with Gasteiger partial charge in [0.1, 0.15) is 6.61 Å². The zero-order valence-corrected chi connectivity index (χ0v) is 7.92. The van der Waals surface area contributed by atoms with E-state index in [0.29, 0.717) is 5.56 Å². The highest BCUT2D eigenvalue weighted by atomic mass is 19.1. The summed E-state index contributed by atoms with van der Waals surface area (Å²) >= 11 is 0. The molecule has 0 fully saturated rings. The lowest BCUT2D eigenvalue weighted by atomic mass is 10.1. The third kappa shape index (κ3) is 2.42. The van der Waals surface area contributed by atoms with Crippen LogP contribution in [-0.4, -0.2) is 12.4 Å². The van der Waals surface area contributed by atoms with Gasteiger partial charge in [0.05, 0.1) is 0 Å². The first kappa shape index (κ1) is 10.4. The molecule has 0 aliphatic carbocycles. The minimum absolute atomic E-state index is 0.0811. The van der Waals surface area contributed by atoms with Gasteiger partial charge in [-0.1, -0.05) is 12.7 Å². The van der Waals surface area contributed by atoms with Gasteiger partial charge in [0.25, 0.3) is 0 Å². The predicted octanol–water partition coefficient (Wildman–Crippen LogP) is 2.59. The van der Waals surface area contributed by atoms with E-state index in [4.69, 9.17) is 4.74 Å². The van der Waals surface area contributed by atoms with Crippen LogP contribution in [-0.2, 0) is 0 Å². The Morgan fingerprint density at radius 3 is 2.93 bits per heavy atom. The van der Waals surface area contributed by atoms with Crippen LogP contribution in [0.2, 0.25) is 0 Å². The number of hydrogen-bond donors (Lipinski definition) is 0. The number of benzene rings is 1. The smallest absolute Gasteiger partial charge is 0.165 e. The summed E-state index contributed by atoms with van der Waals surface area (Å²) in [4.78, 5) is 11.0. The van der Waals surface area contributed by atoms with Crippen molar-refractivity contribution in [2.75, 3.05) is 6.61 Å². The standard InChI is InChI=1S/C11H11FO2/c1-3-6-14-11-7-9(8(2)13)4-5-10(11)12/h3-5,7H,1,6H2,2H3. The summed E-state index contributed by atoms with van der Waals surface area (Å²) in [6.45, 7) is 5.09. The van der Waals surface area contributed by atoms with Gasteiger partial charge in [0.15, 0.2) is 17.3 Å². The van der Waals surface area contributed by atoms with E-state index < -0.39 is 5.82 Å². The SMILES string of the molecule is C=CCOc1cc(C(C)=O)ccc1F. The Hall–Kier alpha value is -1.64. The van der Waals surface area contributed by atoms with E-state index in [1.54, 1.807) is 0 Å². The molecule has 0 aromatic heterocycles. The summed E-state index contributed by atoms with van der Waals surface area (Å²) in [5, 5.41) is 0. The van der Waals surface area contributed by atoms with Gasteiger partial charge >= 0.3 is 0 Å². The van der Waals surface area contributed by atoms with Crippen LogP contribution in [0, 0.1) is 5.82 Å². The molecule has 0 saturated carbocycles. The number of hydrogen-bond acceptors (Lipinski definition) is 2. The summed E-state index contributed by atoms with van der Waals surface area (Å²) in [6.07, 6.45) is 1.51. The molecule has 74 valence electrons. The van der Waals surface area contributed by atoms with Gasteiger partial charge in [-0.15, -0.1) is 0 Å². The van der Waals surface area contributed by atoms with Crippen LogP contribution >= 0.6 is 0 Å². The number of rotatable bonds is 4. The second-order valence-electron chi connectivity index (χ2n) is 2.80. The molecule has 3 heteroatoms. The second-order valence-corrected chi connectivity index (χ2v) is 2.80. The Bertz CT molecular complexity index is 358. The first-order valence-corrected chi connectivity index (χ1v) is 4.19. The lowest BCUT2D eigenvalue weighted by Gasteiger charge is -2.05. The molecule has 1 aromatic rings. The fraction of sp³-hybridized carbons (Fsp3) is 0.182. The van der Waals surface area contributed by atoms with Crippen LogP contribution in [0.4, 0.5) is 4.39 Å². The molecule has 0 amide bonds. The maximum Gasteiger partial charge on any atom is 0.165 e. The van der Waals surface area contributed by atoms with E-state index in [1.807, 2.05) is 0 Å². The Kier molecular flexibility index (Phi) is 3.40. The highest BCUT2D eigenvalue weighted by Crippen LogP contribution is 2.19. The van der Waals surface area contributed by atoms with Crippen LogP contribution < -0.4 is 4.74 Å². The molecule has 0 saturated heterocycles. The molecule has 1 aromatic carbocycles. The summed E-state index contributed by atoms with van der Waals surface area (Å²) in [6, 6.07) is 4.04. The van der Waals surface area contributed by atoms with Gasteiger partial charge in [0, 0.05) is 5.56 Å². The predicted molar refractivity (Wildman–Crippen MR) is 52.1 cm³/mol. The molecule has 1 rings (SSSR count). The highest BCUT2D eigenvalue weighted by molar-refractivity contribution is 5.94. The van der Waals surface area contributed by atoms with Crippen molar-refractivity contribution in [3.8, 4) is 5.75 Å². The first-order valence-electron chi connectivity index (χ1n) is 4.19. The number of halogens is 1. The van der Waals surface area contributed by atoms with E-state index in [9.17, 15) is 9.18 Å². The van der Waals surface area contributed by atoms with Gasteiger partial charge in [0.2, 0.25) is 0 Å². The molecule has 0 spiro atoms. The normalized spacial score (nSPS) is 9.57. The quantitative estimate of drug-likeness (QED) is 0.544. The minimum atomic E-state index is -0.475. The Labute approximate surface area is 82.0 Å². The van der Waals surface area contributed by atoms with Crippen LogP contribution in [0.3, 0.4) is 0 Å². The van der Waals surface area contributed by atoms with Crippen LogP contribution in [0.15, 0.2) is 30.9 Å². The van der Waals surface area contributed by atoms with Crippen molar-refractivity contribution in [2.24, 2.45) is 0 Å². The second kappa shape index (κ2) is 4.56. The van der Waals surface area contributed by atoms with E-state index in [1.165, 1.54) is 31.2 Å². The van der Waals surface area contributed by atoms with Crippen molar-refractivity contribution in [3.63, 3.8) is 0 Å². The van der Waals surface area contributed by atoms with Crippen molar-refractivity contribution in [2.45, 2.75) is 6.92 Å². The van der Waals surface area contributed by atoms with Crippen molar-refractivity contribution in [1.29, 1.82) is 0 Å². The van der Waals surface area contributed by atoms with Gasteiger partial charge in [-0.25, -0.2) is 4.39 Å². The van der Waals surface area contributed by atoms with Gasteiger partial charge in [-0.2, -0.15) is 0 Å². The molecule has 0 heterocycles. The Morgan fingerprint density at radius 1 is 1.64 bits per heavy atom. The molecule has 0 aliphatic rings. The zero-order chi connectivity index (χ0) is 10.6. The number of Topliss-reactive ketones (excluding diaryl/α,β-unsaturated/α-hetero) is 1. The number of ketones is 1. The molecule has 0 unspecified atom stereocenters. The zero-order valence-electron chi connectivity index (χ0n) is 7.92. The molecule has 0 N–H and O–H groups in total. The minimum Gasteiger partial charge on any atom is -0.486 e. The maximum absolute atomic E-state index is 13.1. The topological polar surface area (TPSA) is 26.3 Å². The van der Waals surface area contributed by atoms with Gasteiger partial charge in [-0.05, 0) is 25.1 Å². The molecular formula is C11H11FO2. The lowest BCUT2D eigenvalue weighted by molar-refractivity contribution is 0.101. The van der Waals surface area contributed by atoms with Crippen LogP contribution in [0.5, 0.6) is 5.75 Å². The lowest BCUT2D eigenvalue weighted by Crippen LogP contribution is -1.99. The fourth-order valence-corrected chi connectivity index (χ4v) is 0.982. The molecular weight excluding hydrogens is 183 g/mol. The largest absolute Gasteiger partial charge is 0.486 e. The van der Waals surface area contributed by atoms with Gasteiger partial charge in [-0.3, -0.25) is 4.79 Å². The average Bonchev–Trinajstić information content (AvgIpc) is 2.16. The van der Waals surface area contributed by atoms with E-state index in [2.05, 4.69) is 6.58 Å². The van der Waals surface area contributed by atoms with E-state index in [-0.39, 0.29) is 18.1 Å². The van der Waals surface area contributed by atoms with Crippen molar-refractivity contribution >= 4 is 5.78 Å². The summed E-state index contributed by atoms with van der Waals surface area (Å²) in [5.74, 6) is -0.511. The number of carbonyl (C=O) groups excluding carboxylic acids is 1. The highest BCUT2D eigenvalue weighted by Gasteiger charge is 2.06. The number of carbonyl (C=O) groups is 1. The van der Waals surface area contributed by atoms with Crippen molar-refractivity contribution in [1.82, 2.24) is 0 Å². The first-order chi connectivity index (χ1) is 6.65. The number of ether oxygens (including phenoxy) is 1.